The third-order valence-corrected chi connectivity index (χ3v) is 5.83. The molecule has 4 rings (SSSR count). The number of carboxylic acid groups (broad SMARTS) is 1. The molecule has 1 amide bonds. The van der Waals surface area contributed by atoms with E-state index in [0.29, 0.717) is 31.1 Å². The van der Waals surface area contributed by atoms with Crippen molar-refractivity contribution in [2.45, 2.75) is 33.2 Å². The standard InChI is InChI=1S/C21H25N3O3/c1-13-9-14(2)24(22-13)10-15-3-5-17(6-4-15)20(25)23-11-18(16-7-8-16)19(12-23)21(26)27/h3-6,9,16,18-19H,7-8,10-12H2,1-2H3,(H,26,27)/t18-,19+/m1/s1. The Morgan fingerprint density at radius 3 is 2.41 bits per heavy atom. The van der Waals surface area contributed by atoms with Crippen molar-refractivity contribution in [3.63, 3.8) is 0 Å². The summed E-state index contributed by atoms with van der Waals surface area (Å²) in [5.41, 5.74) is 3.80. The Bertz CT molecular complexity index is 867. The minimum Gasteiger partial charge on any atom is -0.481 e. The summed E-state index contributed by atoms with van der Waals surface area (Å²) in [4.78, 5) is 26.1. The maximum absolute atomic E-state index is 12.8. The fourth-order valence-electron chi connectivity index (χ4n) is 4.20. The van der Waals surface area contributed by atoms with Crippen LogP contribution in [0.25, 0.3) is 0 Å². The second kappa shape index (κ2) is 6.83. The first-order valence-corrected chi connectivity index (χ1v) is 9.54. The van der Waals surface area contributed by atoms with Crippen LogP contribution in [0.4, 0.5) is 0 Å². The molecule has 0 radical (unpaired) electrons. The Kier molecular flexibility index (Phi) is 4.50. The van der Waals surface area contributed by atoms with Gasteiger partial charge < -0.3 is 10.0 Å². The smallest absolute Gasteiger partial charge is 0.308 e. The first-order valence-electron chi connectivity index (χ1n) is 9.54. The van der Waals surface area contributed by atoms with E-state index in [-0.39, 0.29) is 11.8 Å². The van der Waals surface area contributed by atoms with E-state index in [0.717, 1.165) is 29.8 Å². The number of benzene rings is 1. The number of carboxylic acids is 1. The molecule has 1 aromatic heterocycles. The van der Waals surface area contributed by atoms with Crippen molar-refractivity contribution in [1.82, 2.24) is 14.7 Å². The highest BCUT2D eigenvalue weighted by atomic mass is 16.4. The lowest BCUT2D eigenvalue weighted by Gasteiger charge is -2.16. The predicted molar refractivity (Wildman–Crippen MR) is 100 cm³/mol. The molecule has 6 heteroatoms. The number of aromatic nitrogens is 2. The number of carbonyl (C=O) groups is 2. The third-order valence-electron chi connectivity index (χ3n) is 5.83. The molecule has 1 aliphatic carbocycles. The van der Waals surface area contributed by atoms with Gasteiger partial charge in [-0.1, -0.05) is 12.1 Å². The lowest BCUT2D eigenvalue weighted by Crippen LogP contribution is -2.29. The van der Waals surface area contributed by atoms with Crippen LogP contribution in [0.3, 0.4) is 0 Å². The minimum absolute atomic E-state index is 0.0675. The second-order valence-electron chi connectivity index (χ2n) is 7.94. The Balaban J connectivity index is 1.45. The van der Waals surface area contributed by atoms with Gasteiger partial charge in [-0.05, 0) is 62.3 Å². The number of aliphatic carboxylic acids is 1. The zero-order valence-corrected chi connectivity index (χ0v) is 15.8. The van der Waals surface area contributed by atoms with Crippen LogP contribution in [-0.2, 0) is 11.3 Å². The molecule has 0 unspecified atom stereocenters. The Labute approximate surface area is 158 Å². The van der Waals surface area contributed by atoms with Crippen LogP contribution in [-0.4, -0.2) is 44.8 Å². The average molecular weight is 367 g/mol. The molecule has 0 spiro atoms. The van der Waals surface area contributed by atoms with Crippen LogP contribution in [0.2, 0.25) is 0 Å². The molecule has 1 saturated carbocycles. The number of carbonyl (C=O) groups excluding carboxylic acids is 1. The van der Waals surface area contributed by atoms with Gasteiger partial charge in [0, 0.05) is 24.3 Å². The largest absolute Gasteiger partial charge is 0.481 e. The van der Waals surface area contributed by atoms with Crippen molar-refractivity contribution in [2.24, 2.45) is 17.8 Å². The second-order valence-corrected chi connectivity index (χ2v) is 7.94. The van der Waals surface area contributed by atoms with Crippen molar-refractivity contribution in [2.75, 3.05) is 13.1 Å². The molecule has 1 aliphatic heterocycles. The highest BCUT2D eigenvalue weighted by Crippen LogP contribution is 2.44. The summed E-state index contributed by atoms with van der Waals surface area (Å²) in [5.74, 6) is -0.681. The van der Waals surface area contributed by atoms with Crippen LogP contribution < -0.4 is 0 Å². The predicted octanol–water partition coefficient (Wildman–Crippen LogP) is 2.73. The summed E-state index contributed by atoms with van der Waals surface area (Å²) in [6, 6.07) is 9.62. The number of amides is 1. The molecule has 142 valence electrons. The summed E-state index contributed by atoms with van der Waals surface area (Å²) in [5, 5.41) is 14.0. The summed E-state index contributed by atoms with van der Waals surface area (Å²) < 4.78 is 1.95. The van der Waals surface area contributed by atoms with Crippen LogP contribution in [0.1, 0.15) is 40.2 Å². The monoisotopic (exact) mass is 367 g/mol. The maximum atomic E-state index is 12.8. The van der Waals surface area contributed by atoms with Crippen molar-refractivity contribution in [3.8, 4) is 0 Å². The van der Waals surface area contributed by atoms with E-state index in [2.05, 4.69) is 5.10 Å². The van der Waals surface area contributed by atoms with E-state index in [1.165, 1.54) is 0 Å². The maximum Gasteiger partial charge on any atom is 0.308 e. The summed E-state index contributed by atoms with van der Waals surface area (Å²) in [7, 11) is 0. The van der Waals surface area contributed by atoms with Gasteiger partial charge in [0.1, 0.15) is 0 Å². The fraction of sp³-hybridized carbons (Fsp3) is 0.476. The van der Waals surface area contributed by atoms with Crippen molar-refractivity contribution >= 4 is 11.9 Å². The average Bonchev–Trinajstić information content (AvgIpc) is 3.30. The lowest BCUT2D eigenvalue weighted by atomic mass is 9.92. The number of aryl methyl sites for hydroxylation is 2. The number of nitrogens with zero attached hydrogens (tertiary/aromatic N) is 3. The minimum atomic E-state index is -0.776. The summed E-state index contributed by atoms with van der Waals surface area (Å²) >= 11 is 0. The molecule has 6 nitrogen and oxygen atoms in total. The van der Waals surface area contributed by atoms with Gasteiger partial charge in [-0.2, -0.15) is 5.10 Å². The van der Waals surface area contributed by atoms with Gasteiger partial charge in [-0.15, -0.1) is 0 Å². The van der Waals surface area contributed by atoms with E-state index < -0.39 is 11.9 Å². The number of hydrogen-bond acceptors (Lipinski definition) is 3. The molecule has 0 bridgehead atoms. The molecule has 2 aliphatic rings. The number of likely N-dealkylation sites (tertiary alicyclic amines) is 1. The molecule has 2 heterocycles. The van der Waals surface area contributed by atoms with Crippen LogP contribution >= 0.6 is 0 Å². The number of rotatable bonds is 5. The van der Waals surface area contributed by atoms with Crippen LogP contribution in [0.5, 0.6) is 0 Å². The quantitative estimate of drug-likeness (QED) is 0.882. The normalized spacial score (nSPS) is 22.2. The first kappa shape index (κ1) is 17.8. The number of hydrogen-bond donors (Lipinski definition) is 1. The Hall–Kier alpha value is -2.63. The van der Waals surface area contributed by atoms with E-state index in [4.69, 9.17) is 0 Å². The van der Waals surface area contributed by atoms with Crippen LogP contribution in [0.15, 0.2) is 30.3 Å². The SMILES string of the molecule is Cc1cc(C)n(Cc2ccc(C(=O)N3C[C@H](C(=O)O)[C@@H](C4CC4)C3)cc2)n1. The molecule has 1 N–H and O–H groups in total. The molecule has 27 heavy (non-hydrogen) atoms. The first-order chi connectivity index (χ1) is 12.9. The van der Waals surface area contributed by atoms with Crippen molar-refractivity contribution < 1.29 is 14.7 Å². The lowest BCUT2D eigenvalue weighted by molar-refractivity contribution is -0.142. The van der Waals surface area contributed by atoms with E-state index in [9.17, 15) is 14.7 Å². The molecule has 2 aromatic rings. The molecular formula is C21H25N3O3. The van der Waals surface area contributed by atoms with Gasteiger partial charge in [0.05, 0.1) is 18.2 Å². The van der Waals surface area contributed by atoms with E-state index >= 15 is 0 Å². The summed E-state index contributed by atoms with van der Waals surface area (Å²) in [6.07, 6.45) is 2.19. The molecular weight excluding hydrogens is 342 g/mol. The van der Waals surface area contributed by atoms with Crippen molar-refractivity contribution in [1.29, 1.82) is 0 Å². The van der Waals surface area contributed by atoms with Gasteiger partial charge in [-0.25, -0.2) is 0 Å². The topological polar surface area (TPSA) is 75.4 Å². The van der Waals surface area contributed by atoms with E-state index in [1.54, 1.807) is 4.90 Å². The van der Waals surface area contributed by atoms with Gasteiger partial charge in [0.15, 0.2) is 0 Å². The fourth-order valence-corrected chi connectivity index (χ4v) is 4.20. The Morgan fingerprint density at radius 2 is 1.85 bits per heavy atom. The Morgan fingerprint density at radius 1 is 1.15 bits per heavy atom. The highest BCUT2D eigenvalue weighted by molar-refractivity contribution is 5.95. The van der Waals surface area contributed by atoms with Gasteiger partial charge in [0.2, 0.25) is 0 Å². The van der Waals surface area contributed by atoms with Crippen LogP contribution in [0, 0.1) is 31.6 Å². The zero-order valence-electron chi connectivity index (χ0n) is 15.8. The summed E-state index contributed by atoms with van der Waals surface area (Å²) in [6.45, 7) is 5.56. The van der Waals surface area contributed by atoms with Gasteiger partial charge in [0.25, 0.3) is 5.91 Å². The molecule has 1 saturated heterocycles. The molecule has 2 atom stereocenters. The van der Waals surface area contributed by atoms with E-state index in [1.807, 2.05) is 48.9 Å². The highest BCUT2D eigenvalue weighted by Gasteiger charge is 2.46. The van der Waals surface area contributed by atoms with Gasteiger partial charge in [-0.3, -0.25) is 14.3 Å². The molecule has 1 aromatic carbocycles. The van der Waals surface area contributed by atoms with Gasteiger partial charge >= 0.3 is 5.97 Å². The van der Waals surface area contributed by atoms with Crippen molar-refractivity contribution in [3.05, 3.63) is 52.8 Å². The third kappa shape index (κ3) is 3.61. The zero-order chi connectivity index (χ0) is 19.1. The molecule has 2 fully saturated rings.